The van der Waals surface area contributed by atoms with E-state index in [0.29, 0.717) is 31.6 Å². The molecule has 212 valence electrons. The van der Waals surface area contributed by atoms with Crippen molar-refractivity contribution in [1.82, 2.24) is 5.32 Å². The zero-order valence-electron chi connectivity index (χ0n) is 24.9. The van der Waals surface area contributed by atoms with Gasteiger partial charge in [-0.1, -0.05) is 46.8 Å². The average molecular weight is 529 g/mol. The van der Waals surface area contributed by atoms with Gasteiger partial charge in [0.25, 0.3) is 0 Å². The summed E-state index contributed by atoms with van der Waals surface area (Å²) in [4.78, 5) is 49.8. The predicted molar refractivity (Wildman–Crippen MR) is 151 cm³/mol. The van der Waals surface area contributed by atoms with Crippen molar-refractivity contribution < 1.29 is 23.9 Å². The normalized spacial score (nSPS) is 17.2. The van der Waals surface area contributed by atoms with Crippen LogP contribution in [-0.4, -0.2) is 41.8 Å². The maximum absolute atomic E-state index is 12.9. The number of amides is 3. The van der Waals surface area contributed by atoms with Gasteiger partial charge in [0.15, 0.2) is 0 Å². The molecule has 1 fully saturated rings. The molecule has 0 bridgehead atoms. The molecule has 2 rings (SSSR count). The fourth-order valence-electron chi connectivity index (χ4n) is 4.52. The van der Waals surface area contributed by atoms with Gasteiger partial charge in [-0.3, -0.25) is 19.3 Å². The molecule has 0 aromatic heterocycles. The van der Waals surface area contributed by atoms with E-state index < -0.39 is 0 Å². The zero-order chi connectivity index (χ0) is 28.9. The summed E-state index contributed by atoms with van der Waals surface area (Å²) in [7, 11) is 0. The van der Waals surface area contributed by atoms with E-state index in [1.807, 2.05) is 65.8 Å². The van der Waals surface area contributed by atoms with E-state index >= 15 is 0 Å². The van der Waals surface area contributed by atoms with Crippen LogP contribution in [0.25, 0.3) is 0 Å². The van der Waals surface area contributed by atoms with Gasteiger partial charge >= 0.3 is 0 Å². The Kier molecular flexibility index (Phi) is 10.1. The Balaban J connectivity index is 1.86. The Morgan fingerprint density at radius 3 is 2.11 bits per heavy atom. The lowest BCUT2D eigenvalue weighted by Crippen LogP contribution is -2.45. The molecule has 38 heavy (non-hydrogen) atoms. The first-order valence-corrected chi connectivity index (χ1v) is 13.8. The fraction of sp³-hybridized carbons (Fsp3) is 0.677. The molecule has 1 unspecified atom stereocenters. The van der Waals surface area contributed by atoms with E-state index in [0.717, 1.165) is 24.7 Å². The highest BCUT2D eigenvalue weighted by molar-refractivity contribution is 6.20. The lowest BCUT2D eigenvalue weighted by molar-refractivity contribution is -0.124. The maximum atomic E-state index is 12.9. The molecule has 1 aromatic rings. The number of carbonyl (C=O) groups is 4. The molecule has 0 saturated carbocycles. The van der Waals surface area contributed by atoms with Gasteiger partial charge < -0.3 is 14.8 Å². The lowest BCUT2D eigenvalue weighted by Gasteiger charge is -2.33. The van der Waals surface area contributed by atoms with Crippen molar-refractivity contribution in [3.63, 3.8) is 0 Å². The number of hydrogen-bond donors (Lipinski definition) is 1. The molecule has 0 aliphatic carbocycles. The smallest absolute Gasteiger partial charge is 0.237 e. The minimum absolute atomic E-state index is 0.00778. The Labute approximate surface area is 229 Å². The molecular formula is C31H48N2O5. The van der Waals surface area contributed by atoms with Gasteiger partial charge in [-0.2, -0.15) is 0 Å². The summed E-state index contributed by atoms with van der Waals surface area (Å²) in [5.41, 5.74) is 0.288. The third-order valence-electron chi connectivity index (χ3n) is 7.64. The molecule has 0 radical (unpaired) electrons. The van der Waals surface area contributed by atoms with Crippen molar-refractivity contribution in [1.29, 1.82) is 0 Å². The second kappa shape index (κ2) is 12.1. The number of nitrogens with zero attached hydrogens (tertiary/aromatic N) is 1. The number of rotatable bonds is 14. The number of anilines is 1. The van der Waals surface area contributed by atoms with Crippen molar-refractivity contribution in [3.05, 3.63) is 29.8 Å². The molecule has 1 N–H and O–H groups in total. The average Bonchev–Trinajstić information content (AvgIpc) is 3.07. The second-order valence-corrected chi connectivity index (χ2v) is 13.5. The zero-order valence-corrected chi connectivity index (χ0v) is 24.9. The van der Waals surface area contributed by atoms with Crippen LogP contribution in [0, 0.1) is 11.3 Å². The van der Waals surface area contributed by atoms with Gasteiger partial charge in [0.2, 0.25) is 17.7 Å². The first-order valence-electron chi connectivity index (χ1n) is 13.8. The number of hydrogen-bond acceptors (Lipinski definition) is 5. The highest BCUT2D eigenvalue weighted by Crippen LogP contribution is 2.32. The Hall–Kier alpha value is -2.54. The largest absolute Gasteiger partial charge is 0.376 e. The first kappa shape index (κ1) is 31.7. The monoisotopic (exact) mass is 528 g/mol. The van der Waals surface area contributed by atoms with Crippen LogP contribution in [0.3, 0.4) is 0 Å². The minimum atomic E-state index is -0.385. The highest BCUT2D eigenvalue weighted by Gasteiger charge is 2.37. The second-order valence-electron chi connectivity index (χ2n) is 13.5. The summed E-state index contributed by atoms with van der Waals surface area (Å²) in [6.45, 7) is 18.5. The molecular weight excluding hydrogens is 480 g/mol. The van der Waals surface area contributed by atoms with E-state index in [1.54, 1.807) is 6.92 Å². The number of benzene rings is 1. The Morgan fingerprint density at radius 2 is 1.58 bits per heavy atom. The van der Waals surface area contributed by atoms with Gasteiger partial charge in [0.05, 0.1) is 11.3 Å². The SMILES string of the molecule is CC1CC(=O)N(c2ccc(C(C)(C)CCC(=O)NC(C)(C)CCC(C)(C)OCCC(C)(C)C=O)cc2)C1=O. The lowest BCUT2D eigenvalue weighted by atomic mass is 9.80. The fourth-order valence-corrected chi connectivity index (χ4v) is 4.52. The van der Waals surface area contributed by atoms with E-state index in [1.165, 1.54) is 4.90 Å². The van der Waals surface area contributed by atoms with Crippen LogP contribution in [-0.2, 0) is 29.3 Å². The van der Waals surface area contributed by atoms with Gasteiger partial charge in [0, 0.05) is 36.3 Å². The molecule has 3 amide bonds. The Bertz CT molecular complexity index is 1010. The van der Waals surface area contributed by atoms with Gasteiger partial charge in [-0.15, -0.1) is 0 Å². The van der Waals surface area contributed by atoms with Gasteiger partial charge in [-0.05, 0) is 76.5 Å². The first-order chi connectivity index (χ1) is 17.4. The topological polar surface area (TPSA) is 92.8 Å². The maximum Gasteiger partial charge on any atom is 0.237 e. The number of nitrogens with one attached hydrogen (secondary N) is 1. The van der Waals surface area contributed by atoms with E-state index in [-0.39, 0.29) is 52.0 Å². The number of imide groups is 1. The van der Waals surface area contributed by atoms with Crippen molar-refractivity contribution in [3.8, 4) is 0 Å². The predicted octanol–water partition coefficient (Wildman–Crippen LogP) is 5.73. The van der Waals surface area contributed by atoms with Gasteiger partial charge in [0.1, 0.15) is 6.29 Å². The van der Waals surface area contributed by atoms with Crippen LogP contribution in [0.2, 0.25) is 0 Å². The minimum Gasteiger partial charge on any atom is -0.376 e. The quantitative estimate of drug-likeness (QED) is 0.246. The molecule has 7 nitrogen and oxygen atoms in total. The standard InChI is InChI=1S/C31H48N2O5/c1-22-20-26(36)33(27(22)37)24-12-10-23(11-13-24)29(4,5)15-14-25(35)32-30(6,7)16-17-31(8,9)38-19-18-28(2,3)21-34/h10-13,21-22H,14-20H2,1-9H3,(H,32,35). The van der Waals surface area contributed by atoms with Crippen LogP contribution >= 0.6 is 0 Å². The molecule has 1 aromatic carbocycles. The van der Waals surface area contributed by atoms with Crippen LogP contribution in [0.15, 0.2) is 24.3 Å². The van der Waals surface area contributed by atoms with E-state index in [2.05, 4.69) is 19.2 Å². The molecule has 0 spiro atoms. The molecule has 1 aliphatic heterocycles. The number of aldehydes is 1. The van der Waals surface area contributed by atoms with Gasteiger partial charge in [-0.25, -0.2) is 0 Å². The number of ether oxygens (including phenoxy) is 1. The summed E-state index contributed by atoms with van der Waals surface area (Å²) >= 11 is 0. The van der Waals surface area contributed by atoms with Crippen LogP contribution in [0.4, 0.5) is 5.69 Å². The number of carbonyl (C=O) groups excluding carboxylic acids is 4. The van der Waals surface area contributed by atoms with Crippen LogP contribution in [0.1, 0.15) is 106 Å². The summed E-state index contributed by atoms with van der Waals surface area (Å²) in [5, 5.41) is 3.18. The van der Waals surface area contributed by atoms with Crippen molar-refractivity contribution >= 4 is 29.7 Å². The summed E-state index contributed by atoms with van der Waals surface area (Å²) in [5.74, 6) is -0.585. The summed E-state index contributed by atoms with van der Waals surface area (Å²) in [6.07, 6.45) is 4.49. The van der Waals surface area contributed by atoms with E-state index in [9.17, 15) is 19.2 Å². The molecule has 1 heterocycles. The van der Waals surface area contributed by atoms with Crippen molar-refractivity contribution in [2.24, 2.45) is 11.3 Å². The van der Waals surface area contributed by atoms with Crippen molar-refractivity contribution in [2.75, 3.05) is 11.5 Å². The third-order valence-corrected chi connectivity index (χ3v) is 7.64. The van der Waals surface area contributed by atoms with Crippen LogP contribution < -0.4 is 10.2 Å². The molecule has 1 atom stereocenters. The highest BCUT2D eigenvalue weighted by atomic mass is 16.5. The third kappa shape index (κ3) is 9.04. The molecule has 1 aliphatic rings. The van der Waals surface area contributed by atoms with Crippen molar-refractivity contribution in [2.45, 2.75) is 117 Å². The molecule has 7 heteroatoms. The van der Waals surface area contributed by atoms with E-state index in [4.69, 9.17) is 4.74 Å². The Morgan fingerprint density at radius 1 is 0.974 bits per heavy atom. The summed E-state index contributed by atoms with van der Waals surface area (Å²) in [6, 6.07) is 7.52. The van der Waals surface area contributed by atoms with Crippen LogP contribution in [0.5, 0.6) is 0 Å². The summed E-state index contributed by atoms with van der Waals surface area (Å²) < 4.78 is 6.05. The molecule has 1 saturated heterocycles.